The van der Waals surface area contributed by atoms with Crippen LogP contribution in [0.3, 0.4) is 0 Å². The summed E-state index contributed by atoms with van der Waals surface area (Å²) < 4.78 is 0. The van der Waals surface area contributed by atoms with Crippen molar-refractivity contribution in [1.82, 2.24) is 0 Å². The summed E-state index contributed by atoms with van der Waals surface area (Å²) in [6.07, 6.45) is -0.362. The molecule has 1 heterocycles. The van der Waals surface area contributed by atoms with Crippen molar-refractivity contribution in [2.24, 2.45) is 0 Å². The second kappa shape index (κ2) is 3.86. The van der Waals surface area contributed by atoms with E-state index in [1.807, 2.05) is 19.1 Å². The van der Waals surface area contributed by atoms with Gasteiger partial charge in [-0.2, -0.15) is 0 Å². The number of aliphatic hydroxyl groups is 1. The normalized spacial score (nSPS) is 21.6. The largest absolute Gasteiger partial charge is 0.389 e. The van der Waals surface area contributed by atoms with E-state index in [0.29, 0.717) is 5.92 Å². The Hall–Kier alpha value is -1.02. The lowest BCUT2D eigenvalue weighted by Gasteiger charge is -2.17. The molecule has 0 bridgehead atoms. The minimum Gasteiger partial charge on any atom is -0.389 e. The molecule has 15 heavy (non-hydrogen) atoms. The van der Waals surface area contributed by atoms with Crippen molar-refractivity contribution in [1.29, 1.82) is 0 Å². The smallest absolute Gasteiger partial charge is 0.0765 e. The van der Waals surface area contributed by atoms with Crippen LogP contribution < -0.4 is 4.90 Å². The van der Waals surface area contributed by atoms with Gasteiger partial charge in [0.25, 0.3) is 0 Å². The predicted molar refractivity (Wildman–Crippen MR) is 63.4 cm³/mol. The molecule has 1 aromatic rings. The molecule has 0 fully saturated rings. The van der Waals surface area contributed by atoms with E-state index in [2.05, 4.69) is 24.8 Å². The van der Waals surface area contributed by atoms with Crippen LogP contribution in [0.1, 0.15) is 43.9 Å². The van der Waals surface area contributed by atoms with Crippen LogP contribution in [0, 0.1) is 0 Å². The van der Waals surface area contributed by atoms with Gasteiger partial charge in [0.2, 0.25) is 0 Å². The quantitative estimate of drug-likeness (QED) is 0.802. The van der Waals surface area contributed by atoms with Gasteiger partial charge < -0.3 is 10.0 Å². The average Bonchev–Trinajstić information content (AvgIpc) is 2.55. The molecule has 2 unspecified atom stereocenters. The lowest BCUT2D eigenvalue weighted by atomic mass is 9.95. The van der Waals surface area contributed by atoms with Gasteiger partial charge in [-0.3, -0.25) is 0 Å². The minimum absolute atomic E-state index is 0.362. The summed E-state index contributed by atoms with van der Waals surface area (Å²) in [4.78, 5) is 2.38. The van der Waals surface area contributed by atoms with E-state index in [-0.39, 0.29) is 6.10 Å². The fourth-order valence-corrected chi connectivity index (χ4v) is 2.57. The number of rotatable bonds is 2. The van der Waals surface area contributed by atoms with Crippen LogP contribution in [0.15, 0.2) is 18.2 Å². The van der Waals surface area contributed by atoms with Gasteiger partial charge in [-0.1, -0.05) is 19.1 Å². The first kappa shape index (κ1) is 10.5. The van der Waals surface area contributed by atoms with Gasteiger partial charge in [0.05, 0.1) is 6.10 Å². The molecule has 82 valence electrons. The topological polar surface area (TPSA) is 23.5 Å². The molecule has 0 aliphatic carbocycles. The number of hydrogen-bond acceptors (Lipinski definition) is 2. The lowest BCUT2D eigenvalue weighted by molar-refractivity contribution is 0.198. The maximum absolute atomic E-state index is 9.75. The van der Waals surface area contributed by atoms with Gasteiger partial charge in [-0.25, -0.2) is 0 Å². The summed E-state index contributed by atoms with van der Waals surface area (Å²) in [6, 6.07) is 6.24. The van der Waals surface area contributed by atoms with Gasteiger partial charge in [-0.15, -0.1) is 0 Å². The van der Waals surface area contributed by atoms with Crippen LogP contribution in [-0.2, 0) is 0 Å². The monoisotopic (exact) mass is 205 g/mol. The van der Waals surface area contributed by atoms with Crippen molar-refractivity contribution in [2.75, 3.05) is 18.0 Å². The van der Waals surface area contributed by atoms with Gasteiger partial charge in [0.15, 0.2) is 0 Å². The molecule has 2 rings (SSSR count). The molecule has 1 aliphatic heterocycles. The molecule has 2 heteroatoms. The SMILES string of the molecule is CCN1CC(C)c2c(C(C)O)cccc21. The van der Waals surface area contributed by atoms with E-state index in [9.17, 15) is 5.11 Å². The number of anilines is 1. The number of nitrogens with zero attached hydrogens (tertiary/aromatic N) is 1. The highest BCUT2D eigenvalue weighted by Crippen LogP contribution is 2.39. The number of hydrogen-bond donors (Lipinski definition) is 1. The standard InChI is InChI=1S/C13H19NO/c1-4-14-8-9(2)13-11(10(3)15)6-5-7-12(13)14/h5-7,9-10,15H,4,8H2,1-3H3. The van der Waals surface area contributed by atoms with Crippen LogP contribution in [0.4, 0.5) is 5.69 Å². The summed E-state index contributed by atoms with van der Waals surface area (Å²) >= 11 is 0. The molecule has 0 aromatic heterocycles. The Labute approximate surface area is 91.5 Å². The molecular weight excluding hydrogens is 186 g/mol. The van der Waals surface area contributed by atoms with Crippen LogP contribution in [0.25, 0.3) is 0 Å². The molecule has 1 aromatic carbocycles. The number of likely N-dealkylation sites (N-methyl/N-ethyl adjacent to an activating group) is 1. The zero-order valence-electron chi connectivity index (χ0n) is 9.70. The Balaban J connectivity index is 2.51. The number of benzene rings is 1. The van der Waals surface area contributed by atoms with Crippen LogP contribution in [0.2, 0.25) is 0 Å². The lowest BCUT2D eigenvalue weighted by Crippen LogP contribution is -2.20. The van der Waals surface area contributed by atoms with E-state index >= 15 is 0 Å². The highest BCUT2D eigenvalue weighted by Gasteiger charge is 2.27. The highest BCUT2D eigenvalue weighted by molar-refractivity contribution is 5.63. The third-order valence-corrected chi connectivity index (χ3v) is 3.28. The first-order valence-corrected chi connectivity index (χ1v) is 5.71. The summed E-state index contributed by atoms with van der Waals surface area (Å²) in [6.45, 7) is 8.38. The summed E-state index contributed by atoms with van der Waals surface area (Å²) in [5, 5.41) is 9.75. The zero-order valence-corrected chi connectivity index (χ0v) is 9.70. The Morgan fingerprint density at radius 1 is 1.53 bits per heavy atom. The minimum atomic E-state index is -0.362. The van der Waals surface area contributed by atoms with E-state index in [1.54, 1.807) is 0 Å². The van der Waals surface area contributed by atoms with Crippen molar-refractivity contribution in [2.45, 2.75) is 32.8 Å². The van der Waals surface area contributed by atoms with Gasteiger partial charge in [0.1, 0.15) is 0 Å². The summed E-state index contributed by atoms with van der Waals surface area (Å²) in [5.41, 5.74) is 3.74. The van der Waals surface area contributed by atoms with Crippen molar-refractivity contribution < 1.29 is 5.11 Å². The van der Waals surface area contributed by atoms with Gasteiger partial charge in [-0.05, 0) is 31.0 Å². The molecule has 0 spiro atoms. The van der Waals surface area contributed by atoms with Crippen molar-refractivity contribution in [3.63, 3.8) is 0 Å². The molecule has 0 saturated heterocycles. The van der Waals surface area contributed by atoms with Crippen molar-refractivity contribution in [3.8, 4) is 0 Å². The van der Waals surface area contributed by atoms with E-state index in [0.717, 1.165) is 18.7 Å². The van der Waals surface area contributed by atoms with Gasteiger partial charge in [0, 0.05) is 24.7 Å². The van der Waals surface area contributed by atoms with Crippen molar-refractivity contribution >= 4 is 5.69 Å². The number of fused-ring (bicyclic) bond motifs is 1. The van der Waals surface area contributed by atoms with Crippen molar-refractivity contribution in [3.05, 3.63) is 29.3 Å². The first-order valence-electron chi connectivity index (χ1n) is 5.71. The Morgan fingerprint density at radius 3 is 2.87 bits per heavy atom. The van der Waals surface area contributed by atoms with Crippen LogP contribution in [-0.4, -0.2) is 18.2 Å². The molecular formula is C13H19NO. The Bertz CT molecular complexity index is 360. The average molecular weight is 205 g/mol. The molecule has 2 nitrogen and oxygen atoms in total. The highest BCUT2D eigenvalue weighted by atomic mass is 16.3. The van der Waals surface area contributed by atoms with Crippen LogP contribution in [0.5, 0.6) is 0 Å². The number of aliphatic hydroxyl groups excluding tert-OH is 1. The fraction of sp³-hybridized carbons (Fsp3) is 0.538. The Morgan fingerprint density at radius 2 is 2.27 bits per heavy atom. The Kier molecular flexibility index (Phi) is 2.70. The molecule has 2 atom stereocenters. The van der Waals surface area contributed by atoms with E-state index in [4.69, 9.17) is 0 Å². The maximum atomic E-state index is 9.75. The van der Waals surface area contributed by atoms with Gasteiger partial charge >= 0.3 is 0 Å². The summed E-state index contributed by atoms with van der Waals surface area (Å²) in [7, 11) is 0. The van der Waals surface area contributed by atoms with E-state index in [1.165, 1.54) is 11.3 Å². The van der Waals surface area contributed by atoms with E-state index < -0.39 is 0 Å². The molecule has 0 saturated carbocycles. The molecule has 1 aliphatic rings. The zero-order chi connectivity index (χ0) is 11.0. The predicted octanol–water partition coefficient (Wildman–Crippen LogP) is 2.68. The molecule has 1 N–H and O–H groups in total. The first-order chi connectivity index (χ1) is 7.15. The maximum Gasteiger partial charge on any atom is 0.0765 e. The third-order valence-electron chi connectivity index (χ3n) is 3.28. The third kappa shape index (κ3) is 1.63. The summed E-state index contributed by atoms with van der Waals surface area (Å²) in [5.74, 6) is 0.533. The second-order valence-electron chi connectivity index (χ2n) is 4.40. The van der Waals surface area contributed by atoms with Crippen LogP contribution >= 0.6 is 0 Å². The molecule has 0 amide bonds. The molecule has 0 radical (unpaired) electrons. The fourth-order valence-electron chi connectivity index (χ4n) is 2.57. The second-order valence-corrected chi connectivity index (χ2v) is 4.40.